The van der Waals surface area contributed by atoms with Gasteiger partial charge in [0.1, 0.15) is 5.75 Å². The molecule has 0 aliphatic carbocycles. The van der Waals surface area contributed by atoms with E-state index in [0.717, 1.165) is 25.3 Å². The van der Waals surface area contributed by atoms with Gasteiger partial charge in [0, 0.05) is 13.1 Å². The van der Waals surface area contributed by atoms with E-state index in [9.17, 15) is 5.11 Å². The van der Waals surface area contributed by atoms with E-state index < -0.39 is 0 Å². The minimum atomic E-state index is -0.298. The molecule has 2 rings (SSSR count). The monoisotopic (exact) mass is 299 g/mol. The summed E-state index contributed by atoms with van der Waals surface area (Å²) in [6, 6.07) is 18.5. The molecule has 0 saturated carbocycles. The molecule has 0 saturated heterocycles. The van der Waals surface area contributed by atoms with Gasteiger partial charge in [0.2, 0.25) is 0 Å². The number of methoxy groups -OCH3 is 1. The summed E-state index contributed by atoms with van der Waals surface area (Å²) in [6.07, 6.45) is 0.465. The molecule has 22 heavy (non-hydrogen) atoms. The van der Waals surface area contributed by atoms with Gasteiger partial charge in [0.15, 0.2) is 0 Å². The highest BCUT2D eigenvalue weighted by atomic mass is 16.5. The molecule has 2 unspecified atom stereocenters. The second kappa shape index (κ2) is 8.57. The van der Waals surface area contributed by atoms with E-state index in [1.54, 1.807) is 7.11 Å². The molecule has 2 aromatic carbocycles. The van der Waals surface area contributed by atoms with Crippen molar-refractivity contribution in [2.45, 2.75) is 31.9 Å². The Hall–Kier alpha value is -1.84. The number of aliphatic hydroxyl groups excluding tert-OH is 1. The molecule has 3 nitrogen and oxygen atoms in total. The Morgan fingerprint density at radius 2 is 1.73 bits per heavy atom. The van der Waals surface area contributed by atoms with Crippen LogP contribution in [0, 0.1) is 0 Å². The molecule has 2 aromatic rings. The Kier molecular flexibility index (Phi) is 6.44. The van der Waals surface area contributed by atoms with E-state index in [1.807, 2.05) is 37.3 Å². The summed E-state index contributed by atoms with van der Waals surface area (Å²) in [5.74, 6) is 1.19. The zero-order chi connectivity index (χ0) is 15.8. The predicted octanol–water partition coefficient (Wildman–Crippen LogP) is 3.34. The van der Waals surface area contributed by atoms with Crippen molar-refractivity contribution in [3.8, 4) is 5.75 Å². The summed E-state index contributed by atoms with van der Waals surface area (Å²) in [7, 11) is 1.67. The molecule has 0 amide bonds. The Labute approximate surface area is 133 Å². The Morgan fingerprint density at radius 1 is 1.05 bits per heavy atom. The molecule has 0 spiro atoms. The quantitative estimate of drug-likeness (QED) is 0.785. The van der Waals surface area contributed by atoms with Crippen molar-refractivity contribution in [2.24, 2.45) is 0 Å². The van der Waals surface area contributed by atoms with Crippen molar-refractivity contribution in [1.82, 2.24) is 5.32 Å². The van der Waals surface area contributed by atoms with Gasteiger partial charge in [-0.05, 0) is 42.5 Å². The number of hydrogen-bond donors (Lipinski definition) is 2. The molecule has 3 heteroatoms. The smallest absolute Gasteiger partial charge is 0.118 e. The van der Waals surface area contributed by atoms with Crippen molar-refractivity contribution in [2.75, 3.05) is 13.7 Å². The van der Waals surface area contributed by atoms with Crippen LogP contribution < -0.4 is 10.1 Å². The molecular weight excluding hydrogens is 274 g/mol. The standard InChI is InChI=1S/C19H25NO2/c1-15(21)12-18(17-6-4-3-5-7-17)14-20-13-16-8-10-19(22-2)11-9-16/h3-11,15,18,20-21H,12-14H2,1-2H3. The lowest BCUT2D eigenvalue weighted by atomic mass is 9.93. The van der Waals surface area contributed by atoms with E-state index in [-0.39, 0.29) is 6.10 Å². The lowest BCUT2D eigenvalue weighted by Gasteiger charge is -2.20. The van der Waals surface area contributed by atoms with Crippen LogP contribution in [0.2, 0.25) is 0 Å². The Morgan fingerprint density at radius 3 is 2.32 bits per heavy atom. The lowest BCUT2D eigenvalue weighted by Crippen LogP contribution is -2.23. The fourth-order valence-corrected chi connectivity index (χ4v) is 2.61. The highest BCUT2D eigenvalue weighted by molar-refractivity contribution is 5.27. The summed E-state index contributed by atoms with van der Waals surface area (Å²) < 4.78 is 5.17. The maximum absolute atomic E-state index is 9.72. The first-order chi connectivity index (χ1) is 10.7. The highest BCUT2D eigenvalue weighted by Crippen LogP contribution is 2.20. The molecule has 0 aliphatic rings. The summed E-state index contributed by atoms with van der Waals surface area (Å²) >= 11 is 0. The molecule has 0 aromatic heterocycles. The molecule has 0 radical (unpaired) electrons. The summed E-state index contributed by atoms with van der Waals surface area (Å²) in [4.78, 5) is 0. The zero-order valence-electron chi connectivity index (χ0n) is 13.3. The Balaban J connectivity index is 1.90. The van der Waals surface area contributed by atoms with E-state index in [0.29, 0.717) is 5.92 Å². The van der Waals surface area contributed by atoms with Crippen LogP contribution in [0.5, 0.6) is 5.75 Å². The van der Waals surface area contributed by atoms with Crippen LogP contribution in [0.4, 0.5) is 0 Å². The summed E-state index contributed by atoms with van der Waals surface area (Å²) in [5.41, 5.74) is 2.50. The van der Waals surface area contributed by atoms with Crippen LogP contribution in [0.15, 0.2) is 54.6 Å². The molecule has 0 aliphatic heterocycles. The van der Waals surface area contributed by atoms with Crippen molar-refractivity contribution in [3.05, 3.63) is 65.7 Å². The van der Waals surface area contributed by atoms with Gasteiger partial charge in [0.05, 0.1) is 13.2 Å². The van der Waals surface area contributed by atoms with E-state index in [4.69, 9.17) is 4.74 Å². The van der Waals surface area contributed by atoms with Crippen LogP contribution in [-0.4, -0.2) is 24.9 Å². The third-order valence-corrected chi connectivity index (χ3v) is 3.78. The van der Waals surface area contributed by atoms with Crippen LogP contribution >= 0.6 is 0 Å². The van der Waals surface area contributed by atoms with Gasteiger partial charge < -0.3 is 15.2 Å². The number of hydrogen-bond acceptors (Lipinski definition) is 3. The van der Waals surface area contributed by atoms with Crippen molar-refractivity contribution < 1.29 is 9.84 Å². The number of ether oxygens (including phenoxy) is 1. The maximum atomic E-state index is 9.72. The third-order valence-electron chi connectivity index (χ3n) is 3.78. The normalized spacial score (nSPS) is 13.6. The van der Waals surface area contributed by atoms with E-state index in [1.165, 1.54) is 11.1 Å². The van der Waals surface area contributed by atoms with Crippen molar-refractivity contribution in [1.29, 1.82) is 0 Å². The topological polar surface area (TPSA) is 41.5 Å². The largest absolute Gasteiger partial charge is 0.497 e. The number of benzene rings is 2. The minimum Gasteiger partial charge on any atom is -0.497 e. The molecule has 2 N–H and O–H groups in total. The molecule has 0 fully saturated rings. The zero-order valence-corrected chi connectivity index (χ0v) is 13.3. The highest BCUT2D eigenvalue weighted by Gasteiger charge is 2.13. The van der Waals surface area contributed by atoms with Gasteiger partial charge in [-0.2, -0.15) is 0 Å². The van der Waals surface area contributed by atoms with Crippen LogP contribution in [0.1, 0.15) is 30.4 Å². The summed E-state index contributed by atoms with van der Waals surface area (Å²) in [5, 5.41) is 13.2. The van der Waals surface area contributed by atoms with Crippen LogP contribution in [-0.2, 0) is 6.54 Å². The SMILES string of the molecule is COc1ccc(CNCC(CC(C)O)c2ccccc2)cc1. The van der Waals surface area contributed by atoms with Crippen molar-refractivity contribution in [3.63, 3.8) is 0 Å². The first kappa shape index (κ1) is 16.5. The first-order valence-corrected chi connectivity index (χ1v) is 7.75. The number of rotatable bonds is 8. The predicted molar refractivity (Wildman–Crippen MR) is 90.2 cm³/mol. The minimum absolute atomic E-state index is 0.298. The van der Waals surface area contributed by atoms with E-state index in [2.05, 4.69) is 29.6 Å². The second-order valence-electron chi connectivity index (χ2n) is 5.67. The molecular formula is C19H25NO2. The number of aliphatic hydroxyl groups is 1. The molecule has 118 valence electrons. The van der Waals surface area contributed by atoms with Gasteiger partial charge >= 0.3 is 0 Å². The average Bonchev–Trinajstić information content (AvgIpc) is 2.55. The van der Waals surface area contributed by atoms with Gasteiger partial charge in [0.25, 0.3) is 0 Å². The lowest BCUT2D eigenvalue weighted by molar-refractivity contribution is 0.173. The van der Waals surface area contributed by atoms with Gasteiger partial charge in [-0.1, -0.05) is 42.5 Å². The average molecular weight is 299 g/mol. The molecule has 0 bridgehead atoms. The van der Waals surface area contributed by atoms with Crippen molar-refractivity contribution >= 4 is 0 Å². The molecule has 2 atom stereocenters. The molecule has 0 heterocycles. The van der Waals surface area contributed by atoms with Gasteiger partial charge in [-0.25, -0.2) is 0 Å². The van der Waals surface area contributed by atoms with Gasteiger partial charge in [-0.3, -0.25) is 0 Å². The second-order valence-corrected chi connectivity index (χ2v) is 5.67. The van der Waals surface area contributed by atoms with Crippen LogP contribution in [0.25, 0.3) is 0 Å². The third kappa shape index (κ3) is 5.17. The van der Waals surface area contributed by atoms with Gasteiger partial charge in [-0.15, -0.1) is 0 Å². The van der Waals surface area contributed by atoms with Crippen LogP contribution in [0.3, 0.4) is 0 Å². The fourth-order valence-electron chi connectivity index (χ4n) is 2.61. The first-order valence-electron chi connectivity index (χ1n) is 7.75. The summed E-state index contributed by atoms with van der Waals surface area (Å²) in [6.45, 7) is 3.51. The number of nitrogens with one attached hydrogen (secondary N) is 1. The fraction of sp³-hybridized carbons (Fsp3) is 0.368. The maximum Gasteiger partial charge on any atom is 0.118 e. The Bertz CT molecular complexity index is 537. The van der Waals surface area contributed by atoms with E-state index >= 15 is 0 Å².